The Kier molecular flexibility index (Phi) is 2.92. The molecule has 1 aliphatic rings. The number of nitrogens with zero attached hydrogens (tertiary/aromatic N) is 1. The third kappa shape index (κ3) is 1.87. The molecule has 5 heteroatoms. The molecule has 3 aromatic rings. The molecule has 0 radical (unpaired) electrons. The van der Waals surface area contributed by atoms with Crippen LogP contribution in [-0.4, -0.2) is 33.1 Å². The predicted octanol–water partition coefficient (Wildman–Crippen LogP) is 2.54. The number of hydrogen-bond donors (Lipinski definition) is 3. The number of H-pyrrole nitrogens is 1. The number of rotatable bonds is 2. The number of fused-ring (bicyclic) bond motifs is 2. The van der Waals surface area contributed by atoms with Crippen LogP contribution in [0.25, 0.3) is 10.9 Å². The molecule has 5 nitrogen and oxygen atoms in total. The number of phenols is 1. The zero-order valence-corrected chi connectivity index (χ0v) is 12.6. The molecule has 0 saturated heterocycles. The summed E-state index contributed by atoms with van der Waals surface area (Å²) in [5.74, 6) is 0.0430. The molecular formula is C18H16N2O3. The molecule has 1 aromatic heterocycles. The Hall–Kier alpha value is -2.79. The van der Waals surface area contributed by atoms with Crippen molar-refractivity contribution in [3.8, 4) is 5.75 Å². The third-order valence-electron chi connectivity index (χ3n) is 4.53. The lowest BCUT2D eigenvalue weighted by atomic mass is 9.95. The summed E-state index contributed by atoms with van der Waals surface area (Å²) in [7, 11) is 1.74. The molecule has 3 N–H and O–H groups in total. The Morgan fingerprint density at radius 1 is 1.22 bits per heavy atom. The van der Waals surface area contributed by atoms with E-state index in [2.05, 4.69) is 4.98 Å². The summed E-state index contributed by atoms with van der Waals surface area (Å²) < 4.78 is 0. The lowest BCUT2D eigenvalue weighted by Crippen LogP contribution is -2.24. The quantitative estimate of drug-likeness (QED) is 0.681. The summed E-state index contributed by atoms with van der Waals surface area (Å²) in [5.41, 5.74) is 3.83. The Morgan fingerprint density at radius 3 is 2.78 bits per heavy atom. The molecule has 0 bridgehead atoms. The second-order valence-electron chi connectivity index (χ2n) is 5.81. The maximum Gasteiger partial charge on any atom is 0.254 e. The summed E-state index contributed by atoms with van der Waals surface area (Å²) in [5, 5.41) is 20.6. The van der Waals surface area contributed by atoms with Gasteiger partial charge in [0.15, 0.2) is 0 Å². The number of phenolic OH excluding ortho intramolecular Hbond substituents is 1. The molecule has 0 fully saturated rings. The summed E-state index contributed by atoms with van der Waals surface area (Å²) in [6.07, 6.45) is 0. The van der Waals surface area contributed by atoms with Crippen LogP contribution in [0.15, 0.2) is 42.5 Å². The summed E-state index contributed by atoms with van der Waals surface area (Å²) in [6.45, 7) is -0.142. The lowest BCUT2D eigenvalue weighted by molar-refractivity contribution is 0.0793. The molecule has 116 valence electrons. The molecule has 0 aliphatic carbocycles. The molecule has 1 amide bonds. The monoisotopic (exact) mass is 308 g/mol. The highest BCUT2D eigenvalue weighted by Gasteiger charge is 2.38. The number of aromatic amines is 1. The largest absolute Gasteiger partial charge is 0.508 e. The van der Waals surface area contributed by atoms with Gasteiger partial charge in [0, 0.05) is 34.8 Å². The lowest BCUT2D eigenvalue weighted by Gasteiger charge is -2.22. The van der Waals surface area contributed by atoms with Gasteiger partial charge in [0.05, 0.1) is 12.6 Å². The number of amides is 1. The van der Waals surface area contributed by atoms with Crippen LogP contribution in [0.1, 0.15) is 33.2 Å². The first-order valence-electron chi connectivity index (χ1n) is 7.42. The van der Waals surface area contributed by atoms with E-state index in [4.69, 9.17) is 0 Å². The number of aliphatic hydroxyl groups excluding tert-OH is 1. The van der Waals surface area contributed by atoms with Crippen molar-refractivity contribution in [1.29, 1.82) is 0 Å². The highest BCUT2D eigenvalue weighted by Crippen LogP contribution is 2.42. The average molecular weight is 308 g/mol. The standard InChI is InChI=1S/C18H16N2O3/c1-20-17(13-8-10(22)6-7-11(13)18(20)23)16-12-4-2-3-5-14(12)19-15(16)9-21/h2-8,17,19,21-22H,9H2,1H3/t17-/m1/s1. The normalized spacial score (nSPS) is 17.0. The zero-order chi connectivity index (χ0) is 16.1. The molecule has 2 aromatic carbocycles. The number of carbonyl (C=O) groups excluding carboxylic acids is 1. The number of para-hydroxylation sites is 1. The molecular weight excluding hydrogens is 292 g/mol. The molecule has 4 rings (SSSR count). The molecule has 0 spiro atoms. The van der Waals surface area contributed by atoms with Crippen molar-refractivity contribution in [1.82, 2.24) is 9.88 Å². The van der Waals surface area contributed by atoms with Gasteiger partial charge in [0.1, 0.15) is 5.75 Å². The summed E-state index contributed by atoms with van der Waals surface area (Å²) in [6, 6.07) is 12.2. The maximum atomic E-state index is 12.5. The fourth-order valence-electron chi connectivity index (χ4n) is 3.49. The van der Waals surface area contributed by atoms with E-state index in [9.17, 15) is 15.0 Å². The first-order chi connectivity index (χ1) is 11.1. The van der Waals surface area contributed by atoms with E-state index in [0.29, 0.717) is 11.3 Å². The van der Waals surface area contributed by atoms with Gasteiger partial charge in [-0.2, -0.15) is 0 Å². The number of aliphatic hydroxyl groups is 1. The second kappa shape index (κ2) is 4.86. The van der Waals surface area contributed by atoms with E-state index >= 15 is 0 Å². The minimum Gasteiger partial charge on any atom is -0.508 e. The van der Waals surface area contributed by atoms with Crippen molar-refractivity contribution in [3.63, 3.8) is 0 Å². The van der Waals surface area contributed by atoms with Crippen molar-refractivity contribution < 1.29 is 15.0 Å². The van der Waals surface area contributed by atoms with E-state index in [1.807, 2.05) is 24.3 Å². The maximum absolute atomic E-state index is 12.5. The van der Waals surface area contributed by atoms with Crippen molar-refractivity contribution >= 4 is 16.8 Å². The van der Waals surface area contributed by atoms with Crippen LogP contribution in [-0.2, 0) is 6.61 Å². The van der Waals surface area contributed by atoms with E-state index in [1.54, 1.807) is 24.1 Å². The minimum atomic E-state index is -0.331. The van der Waals surface area contributed by atoms with Crippen molar-refractivity contribution in [2.75, 3.05) is 7.05 Å². The van der Waals surface area contributed by atoms with Crippen molar-refractivity contribution in [3.05, 3.63) is 64.8 Å². The minimum absolute atomic E-state index is 0.0841. The number of carbonyl (C=O) groups is 1. The molecule has 2 heterocycles. The van der Waals surface area contributed by atoms with Gasteiger partial charge < -0.3 is 20.1 Å². The van der Waals surface area contributed by atoms with Crippen molar-refractivity contribution in [2.24, 2.45) is 0 Å². The van der Waals surface area contributed by atoms with E-state index in [1.165, 1.54) is 6.07 Å². The van der Waals surface area contributed by atoms with Crippen LogP contribution in [0.3, 0.4) is 0 Å². The SMILES string of the molecule is CN1C(=O)c2ccc(O)cc2[C@@H]1c1c(CO)[nH]c2ccccc12. The van der Waals surface area contributed by atoms with Gasteiger partial charge in [-0.05, 0) is 29.8 Å². The Morgan fingerprint density at radius 2 is 2.00 bits per heavy atom. The topological polar surface area (TPSA) is 76.6 Å². The Balaban J connectivity index is 2.02. The molecule has 0 saturated carbocycles. The van der Waals surface area contributed by atoms with Crippen LogP contribution in [0, 0.1) is 0 Å². The van der Waals surface area contributed by atoms with Gasteiger partial charge in [0.2, 0.25) is 0 Å². The highest BCUT2D eigenvalue weighted by molar-refractivity contribution is 6.01. The number of benzene rings is 2. The summed E-state index contributed by atoms with van der Waals surface area (Å²) >= 11 is 0. The van der Waals surface area contributed by atoms with E-state index in [0.717, 1.165) is 22.0 Å². The number of nitrogens with one attached hydrogen (secondary N) is 1. The number of hydrogen-bond acceptors (Lipinski definition) is 3. The second-order valence-corrected chi connectivity index (χ2v) is 5.81. The molecule has 0 unspecified atom stereocenters. The fraction of sp³-hybridized carbons (Fsp3) is 0.167. The highest BCUT2D eigenvalue weighted by atomic mass is 16.3. The van der Waals surface area contributed by atoms with Gasteiger partial charge in [-0.1, -0.05) is 18.2 Å². The van der Waals surface area contributed by atoms with E-state index in [-0.39, 0.29) is 24.3 Å². The van der Waals surface area contributed by atoms with Gasteiger partial charge in [0.25, 0.3) is 5.91 Å². The van der Waals surface area contributed by atoms with Gasteiger partial charge in [-0.25, -0.2) is 0 Å². The average Bonchev–Trinajstić information content (AvgIpc) is 3.03. The number of aromatic nitrogens is 1. The molecule has 1 aliphatic heterocycles. The smallest absolute Gasteiger partial charge is 0.254 e. The number of aromatic hydroxyl groups is 1. The Bertz CT molecular complexity index is 929. The van der Waals surface area contributed by atoms with Gasteiger partial charge in [-0.15, -0.1) is 0 Å². The first-order valence-corrected chi connectivity index (χ1v) is 7.42. The first kappa shape index (κ1) is 13.8. The molecule has 23 heavy (non-hydrogen) atoms. The predicted molar refractivity (Wildman–Crippen MR) is 86.3 cm³/mol. The Labute approximate surface area is 132 Å². The van der Waals surface area contributed by atoms with Crippen LogP contribution < -0.4 is 0 Å². The van der Waals surface area contributed by atoms with E-state index < -0.39 is 0 Å². The van der Waals surface area contributed by atoms with Crippen LogP contribution in [0.4, 0.5) is 0 Å². The van der Waals surface area contributed by atoms with Gasteiger partial charge >= 0.3 is 0 Å². The molecule has 1 atom stereocenters. The van der Waals surface area contributed by atoms with Crippen LogP contribution in [0.5, 0.6) is 5.75 Å². The van der Waals surface area contributed by atoms with Crippen LogP contribution >= 0.6 is 0 Å². The summed E-state index contributed by atoms with van der Waals surface area (Å²) in [4.78, 5) is 17.4. The third-order valence-corrected chi connectivity index (χ3v) is 4.53. The van der Waals surface area contributed by atoms with Crippen molar-refractivity contribution in [2.45, 2.75) is 12.6 Å². The van der Waals surface area contributed by atoms with Crippen LogP contribution in [0.2, 0.25) is 0 Å². The fourth-order valence-corrected chi connectivity index (χ4v) is 3.49. The van der Waals surface area contributed by atoms with Gasteiger partial charge in [-0.3, -0.25) is 4.79 Å². The zero-order valence-electron chi connectivity index (χ0n) is 12.6.